The van der Waals surface area contributed by atoms with Crippen LogP contribution in [-0.4, -0.2) is 28.9 Å². The molecule has 0 unspecified atom stereocenters. The molecule has 6 heteroatoms. The van der Waals surface area contributed by atoms with Crippen molar-refractivity contribution in [3.63, 3.8) is 0 Å². The predicted octanol–water partition coefficient (Wildman–Crippen LogP) is 5.34. The van der Waals surface area contributed by atoms with Crippen molar-refractivity contribution >= 4 is 44.7 Å². The maximum Gasteiger partial charge on any atom is 0.238 e. The summed E-state index contributed by atoms with van der Waals surface area (Å²) in [4.78, 5) is 19.7. The number of carbonyl (C=O) groups is 1. The van der Waals surface area contributed by atoms with Crippen molar-refractivity contribution in [3.8, 4) is 0 Å². The third kappa shape index (κ3) is 3.86. The van der Waals surface area contributed by atoms with Crippen molar-refractivity contribution in [3.05, 3.63) is 57.6 Å². The second-order valence-corrected chi connectivity index (χ2v) is 8.60. The van der Waals surface area contributed by atoms with Crippen molar-refractivity contribution in [1.29, 1.82) is 0 Å². The molecule has 0 radical (unpaired) electrons. The van der Waals surface area contributed by atoms with Crippen LogP contribution in [0.2, 0.25) is 5.02 Å². The highest BCUT2D eigenvalue weighted by Gasteiger charge is 2.30. The first kappa shape index (κ1) is 18.4. The van der Waals surface area contributed by atoms with Crippen LogP contribution in [0.5, 0.6) is 0 Å². The number of para-hydroxylation sites is 1. The number of hydrogen-bond acceptors (Lipinski definition) is 4. The molecule has 0 saturated carbocycles. The number of rotatable bonds is 4. The number of aryl methyl sites for hydroxylation is 2. The number of nitrogens with one attached hydrogen (secondary N) is 1. The van der Waals surface area contributed by atoms with Crippen LogP contribution in [0.3, 0.4) is 0 Å². The van der Waals surface area contributed by atoms with E-state index in [9.17, 15) is 4.79 Å². The topological polar surface area (TPSA) is 45.2 Å². The monoisotopic (exact) mass is 399 g/mol. The summed E-state index contributed by atoms with van der Waals surface area (Å²) in [5.41, 5.74) is 3.82. The first-order valence-electron chi connectivity index (χ1n) is 9.17. The zero-order valence-electron chi connectivity index (χ0n) is 15.5. The Labute approximate surface area is 168 Å². The van der Waals surface area contributed by atoms with Gasteiger partial charge in [0.15, 0.2) is 0 Å². The Hall–Kier alpha value is -1.95. The Morgan fingerprint density at radius 2 is 2.15 bits per heavy atom. The average molecular weight is 400 g/mol. The molecular weight excluding hydrogens is 378 g/mol. The molecule has 140 valence electrons. The number of aromatic nitrogens is 1. The Morgan fingerprint density at radius 1 is 1.33 bits per heavy atom. The van der Waals surface area contributed by atoms with Crippen molar-refractivity contribution in [2.24, 2.45) is 0 Å². The van der Waals surface area contributed by atoms with Gasteiger partial charge in [0.25, 0.3) is 0 Å². The second kappa shape index (κ2) is 7.58. The lowest BCUT2D eigenvalue weighted by molar-refractivity contribution is -0.117. The molecule has 1 aliphatic heterocycles. The van der Waals surface area contributed by atoms with Gasteiger partial charge in [0.2, 0.25) is 5.91 Å². The lowest BCUT2D eigenvalue weighted by Gasteiger charge is -2.22. The highest BCUT2D eigenvalue weighted by Crippen LogP contribution is 2.36. The molecule has 3 aromatic rings. The van der Waals surface area contributed by atoms with Gasteiger partial charge in [0.1, 0.15) is 5.01 Å². The number of benzene rings is 2. The molecule has 4 rings (SSSR count). The minimum Gasteiger partial charge on any atom is -0.323 e. The van der Waals surface area contributed by atoms with Crippen LogP contribution in [0.4, 0.5) is 5.69 Å². The number of thiazole rings is 1. The van der Waals surface area contributed by atoms with Crippen LogP contribution in [-0.2, 0) is 4.79 Å². The summed E-state index contributed by atoms with van der Waals surface area (Å²) in [6.45, 7) is 5.23. The molecular formula is C21H22ClN3OS. The van der Waals surface area contributed by atoms with E-state index in [1.54, 1.807) is 11.3 Å². The zero-order chi connectivity index (χ0) is 19.0. The van der Waals surface area contributed by atoms with E-state index in [-0.39, 0.29) is 11.9 Å². The highest BCUT2D eigenvalue weighted by molar-refractivity contribution is 7.18. The van der Waals surface area contributed by atoms with Gasteiger partial charge < -0.3 is 5.32 Å². The summed E-state index contributed by atoms with van der Waals surface area (Å²) < 4.78 is 1.20. The summed E-state index contributed by atoms with van der Waals surface area (Å²) >= 11 is 8.06. The van der Waals surface area contributed by atoms with Gasteiger partial charge in [-0.05, 0) is 62.6 Å². The molecule has 0 bridgehead atoms. The van der Waals surface area contributed by atoms with Crippen LogP contribution in [0, 0.1) is 13.8 Å². The van der Waals surface area contributed by atoms with Gasteiger partial charge in [-0.3, -0.25) is 9.69 Å². The van der Waals surface area contributed by atoms with Gasteiger partial charge in [-0.25, -0.2) is 4.98 Å². The van der Waals surface area contributed by atoms with E-state index >= 15 is 0 Å². The number of halogens is 1. The fourth-order valence-electron chi connectivity index (χ4n) is 3.77. The van der Waals surface area contributed by atoms with E-state index in [0.717, 1.165) is 41.0 Å². The van der Waals surface area contributed by atoms with Crippen molar-refractivity contribution in [1.82, 2.24) is 9.88 Å². The van der Waals surface area contributed by atoms with Crippen molar-refractivity contribution < 1.29 is 4.79 Å². The van der Waals surface area contributed by atoms with E-state index < -0.39 is 0 Å². The van der Waals surface area contributed by atoms with E-state index in [0.29, 0.717) is 17.3 Å². The fraction of sp³-hybridized carbons (Fsp3) is 0.333. The smallest absolute Gasteiger partial charge is 0.238 e. The summed E-state index contributed by atoms with van der Waals surface area (Å²) in [5.74, 6) is -0.0307. The van der Waals surface area contributed by atoms with Gasteiger partial charge in [-0.1, -0.05) is 29.8 Å². The van der Waals surface area contributed by atoms with Crippen LogP contribution in [0.1, 0.15) is 35.0 Å². The van der Waals surface area contributed by atoms with E-state index in [1.807, 2.05) is 44.2 Å². The quantitative estimate of drug-likeness (QED) is 0.643. The number of amides is 1. The normalized spacial score (nSPS) is 17.5. The van der Waals surface area contributed by atoms with Crippen LogP contribution >= 0.6 is 22.9 Å². The highest BCUT2D eigenvalue weighted by atomic mass is 35.5. The molecule has 1 saturated heterocycles. The molecule has 1 atom stereocenters. The maximum absolute atomic E-state index is 12.7. The summed E-state index contributed by atoms with van der Waals surface area (Å²) in [6, 6.07) is 12.3. The van der Waals surface area contributed by atoms with Gasteiger partial charge >= 0.3 is 0 Å². The van der Waals surface area contributed by atoms with Crippen LogP contribution in [0.25, 0.3) is 10.2 Å². The largest absolute Gasteiger partial charge is 0.323 e. The SMILES string of the molecule is Cc1cc(C)c(NC(=O)CN2CCC[C@@H]2c2nc3ccccc3s2)c(Cl)c1. The summed E-state index contributed by atoms with van der Waals surface area (Å²) in [6.07, 6.45) is 2.12. The number of likely N-dealkylation sites (tertiary alicyclic amines) is 1. The molecule has 1 fully saturated rings. The number of hydrogen-bond donors (Lipinski definition) is 1. The molecule has 4 nitrogen and oxygen atoms in total. The number of fused-ring (bicyclic) bond motifs is 1. The lowest BCUT2D eigenvalue weighted by Crippen LogP contribution is -2.33. The van der Waals surface area contributed by atoms with Gasteiger partial charge in [0.05, 0.1) is 33.5 Å². The Morgan fingerprint density at radius 3 is 2.93 bits per heavy atom. The molecule has 0 aliphatic carbocycles. The van der Waals surface area contributed by atoms with E-state index in [4.69, 9.17) is 16.6 Å². The molecule has 0 spiro atoms. The van der Waals surface area contributed by atoms with Gasteiger partial charge in [-0.15, -0.1) is 11.3 Å². The molecule has 27 heavy (non-hydrogen) atoms. The Balaban J connectivity index is 1.49. The molecule has 1 N–H and O–H groups in total. The van der Waals surface area contributed by atoms with Crippen LogP contribution in [0.15, 0.2) is 36.4 Å². The van der Waals surface area contributed by atoms with E-state index in [1.165, 1.54) is 4.70 Å². The number of nitrogens with zero attached hydrogens (tertiary/aromatic N) is 2. The van der Waals surface area contributed by atoms with Crippen molar-refractivity contribution in [2.75, 3.05) is 18.4 Å². The van der Waals surface area contributed by atoms with Crippen molar-refractivity contribution in [2.45, 2.75) is 32.7 Å². The van der Waals surface area contributed by atoms with Gasteiger partial charge in [-0.2, -0.15) is 0 Å². The molecule has 1 aromatic heterocycles. The zero-order valence-corrected chi connectivity index (χ0v) is 17.0. The summed E-state index contributed by atoms with van der Waals surface area (Å²) in [5, 5.41) is 4.69. The first-order valence-corrected chi connectivity index (χ1v) is 10.4. The first-order chi connectivity index (χ1) is 13.0. The van der Waals surface area contributed by atoms with Gasteiger partial charge in [0, 0.05) is 0 Å². The third-order valence-electron chi connectivity index (χ3n) is 5.00. The fourth-order valence-corrected chi connectivity index (χ4v) is 5.27. The minimum atomic E-state index is -0.0307. The molecule has 2 heterocycles. The average Bonchev–Trinajstić information content (AvgIpc) is 3.24. The maximum atomic E-state index is 12.7. The molecule has 1 amide bonds. The second-order valence-electron chi connectivity index (χ2n) is 7.14. The third-order valence-corrected chi connectivity index (χ3v) is 6.44. The predicted molar refractivity (Wildman–Crippen MR) is 113 cm³/mol. The number of anilines is 1. The Bertz CT molecular complexity index is 944. The minimum absolute atomic E-state index is 0.0307. The van der Waals surface area contributed by atoms with E-state index in [2.05, 4.69) is 16.3 Å². The standard InChI is InChI=1S/C21H22ClN3OS/c1-13-10-14(2)20(15(22)11-13)24-19(26)12-25-9-5-7-17(25)21-23-16-6-3-4-8-18(16)27-21/h3-4,6,8,10-11,17H,5,7,9,12H2,1-2H3,(H,24,26)/t17-/m1/s1. The number of carbonyl (C=O) groups excluding carboxylic acids is 1. The molecule has 1 aliphatic rings. The Kier molecular flexibility index (Phi) is 5.17. The lowest BCUT2D eigenvalue weighted by atomic mass is 10.1. The molecule has 2 aromatic carbocycles. The van der Waals surface area contributed by atoms with Crippen LogP contribution < -0.4 is 5.32 Å². The summed E-state index contributed by atoms with van der Waals surface area (Å²) in [7, 11) is 0.